The molecule has 6 heteroatoms. The van der Waals surface area contributed by atoms with Crippen LogP contribution in [0.2, 0.25) is 0 Å². The molecule has 0 bridgehead atoms. The molecule has 0 spiro atoms. The van der Waals surface area contributed by atoms with Crippen LogP contribution in [0.5, 0.6) is 0 Å². The molecule has 2 atom stereocenters. The summed E-state index contributed by atoms with van der Waals surface area (Å²) < 4.78 is 38.6. The van der Waals surface area contributed by atoms with E-state index in [-0.39, 0.29) is 18.7 Å². The van der Waals surface area contributed by atoms with Crippen LogP contribution in [0.4, 0.5) is 24.5 Å². The number of hydrogen-bond donors (Lipinski definition) is 2. The Labute approximate surface area is 133 Å². The summed E-state index contributed by atoms with van der Waals surface area (Å²) >= 11 is 0. The highest BCUT2D eigenvalue weighted by Gasteiger charge is 2.43. The highest BCUT2D eigenvalue weighted by atomic mass is 19.4. The van der Waals surface area contributed by atoms with Gasteiger partial charge in [-0.05, 0) is 55.9 Å². The van der Waals surface area contributed by atoms with Crippen molar-refractivity contribution in [3.8, 4) is 0 Å². The first-order valence-electron chi connectivity index (χ1n) is 8.18. The second-order valence-corrected chi connectivity index (χ2v) is 6.49. The minimum Gasteiger partial charge on any atom is -0.385 e. The Hall–Kier alpha value is -1.72. The van der Waals surface area contributed by atoms with Gasteiger partial charge in [-0.2, -0.15) is 13.2 Å². The summed E-state index contributed by atoms with van der Waals surface area (Å²) in [5, 5.41) is 6.09. The number of hydrogen-bond acceptors (Lipinski definition) is 2. The number of fused-ring (bicyclic) bond motifs is 1. The summed E-state index contributed by atoms with van der Waals surface area (Å²) in [6.45, 7) is 0.944. The van der Waals surface area contributed by atoms with E-state index in [4.69, 9.17) is 0 Å². The summed E-state index contributed by atoms with van der Waals surface area (Å²) in [4.78, 5) is 12.3. The molecule has 3 rings (SSSR count). The number of benzene rings is 1. The Morgan fingerprint density at radius 3 is 2.83 bits per heavy atom. The summed E-state index contributed by atoms with van der Waals surface area (Å²) in [6, 6.07) is 5.64. The maximum absolute atomic E-state index is 12.9. The number of anilines is 2. The molecule has 1 fully saturated rings. The van der Waals surface area contributed by atoms with Crippen LogP contribution in [0, 0.1) is 11.8 Å². The number of aryl methyl sites for hydroxylation is 1. The van der Waals surface area contributed by atoms with Gasteiger partial charge >= 0.3 is 6.18 Å². The molecule has 23 heavy (non-hydrogen) atoms. The number of rotatable bonds is 2. The van der Waals surface area contributed by atoms with Crippen LogP contribution in [0.15, 0.2) is 18.2 Å². The lowest BCUT2D eigenvalue weighted by Crippen LogP contribution is -2.34. The van der Waals surface area contributed by atoms with Gasteiger partial charge in [0.2, 0.25) is 5.91 Å². The van der Waals surface area contributed by atoms with Crippen molar-refractivity contribution in [1.82, 2.24) is 0 Å². The van der Waals surface area contributed by atoms with E-state index in [9.17, 15) is 18.0 Å². The zero-order chi connectivity index (χ0) is 16.4. The highest BCUT2D eigenvalue weighted by molar-refractivity contribution is 5.93. The lowest BCUT2D eigenvalue weighted by atomic mass is 9.80. The molecule has 1 aliphatic heterocycles. The Morgan fingerprint density at radius 2 is 2.04 bits per heavy atom. The maximum atomic E-state index is 12.9. The van der Waals surface area contributed by atoms with E-state index in [0.717, 1.165) is 30.6 Å². The zero-order valence-corrected chi connectivity index (χ0v) is 12.9. The van der Waals surface area contributed by atoms with Crippen molar-refractivity contribution in [3.63, 3.8) is 0 Å². The van der Waals surface area contributed by atoms with E-state index in [1.54, 1.807) is 6.07 Å². The molecule has 0 aromatic heterocycles. The molecule has 0 radical (unpaired) electrons. The van der Waals surface area contributed by atoms with Gasteiger partial charge in [0.1, 0.15) is 0 Å². The molecular weight excluding hydrogens is 305 g/mol. The van der Waals surface area contributed by atoms with Crippen molar-refractivity contribution in [1.29, 1.82) is 0 Å². The van der Waals surface area contributed by atoms with Crippen LogP contribution in [0.1, 0.15) is 37.7 Å². The molecule has 0 saturated heterocycles. The van der Waals surface area contributed by atoms with Crippen LogP contribution in [0.3, 0.4) is 0 Å². The molecule has 1 aromatic carbocycles. The monoisotopic (exact) mass is 326 g/mol. The van der Waals surface area contributed by atoms with Gasteiger partial charge in [0.15, 0.2) is 0 Å². The normalized spacial score (nSPS) is 24.5. The van der Waals surface area contributed by atoms with Crippen molar-refractivity contribution in [3.05, 3.63) is 23.8 Å². The molecule has 1 saturated carbocycles. The van der Waals surface area contributed by atoms with Crippen molar-refractivity contribution in [2.45, 2.75) is 44.7 Å². The summed E-state index contributed by atoms with van der Waals surface area (Å²) in [6.07, 6.45) is -1.18. The standard InChI is InChI=1S/C17H21F3N2O/c18-17(19,20)13-5-1-3-12(9-13)16(23)22-14-6-7-15-11(10-14)4-2-8-21-15/h6-7,10,12-13,21H,1-5,8-9H2,(H,22,23). The van der Waals surface area contributed by atoms with Gasteiger partial charge in [-0.15, -0.1) is 0 Å². The lowest BCUT2D eigenvalue weighted by molar-refractivity contribution is -0.185. The molecule has 1 heterocycles. The molecule has 2 unspecified atom stereocenters. The topological polar surface area (TPSA) is 41.1 Å². The SMILES string of the molecule is O=C(Nc1ccc2c(c1)CCCN2)C1CCCC(C(F)(F)F)C1. The molecule has 1 aliphatic carbocycles. The molecule has 3 nitrogen and oxygen atoms in total. The fourth-order valence-corrected chi connectivity index (χ4v) is 3.52. The molecule has 2 aliphatic rings. The summed E-state index contributed by atoms with van der Waals surface area (Å²) in [5.41, 5.74) is 2.89. The molecule has 1 aromatic rings. The number of carbonyl (C=O) groups excluding carboxylic acids is 1. The van der Waals surface area contributed by atoms with Gasteiger partial charge in [-0.1, -0.05) is 6.42 Å². The highest BCUT2D eigenvalue weighted by Crippen LogP contribution is 2.40. The van der Waals surface area contributed by atoms with Gasteiger partial charge in [0, 0.05) is 23.8 Å². The van der Waals surface area contributed by atoms with Gasteiger partial charge < -0.3 is 10.6 Å². The third kappa shape index (κ3) is 3.79. The Bertz CT molecular complexity index is 586. The minimum atomic E-state index is -4.20. The van der Waals surface area contributed by atoms with E-state index in [1.165, 1.54) is 0 Å². The van der Waals surface area contributed by atoms with Gasteiger partial charge in [0.25, 0.3) is 0 Å². The van der Waals surface area contributed by atoms with E-state index in [2.05, 4.69) is 10.6 Å². The van der Waals surface area contributed by atoms with Gasteiger partial charge in [0.05, 0.1) is 5.92 Å². The first-order chi connectivity index (χ1) is 10.9. The second-order valence-electron chi connectivity index (χ2n) is 6.49. The first kappa shape index (κ1) is 16.1. The summed E-state index contributed by atoms with van der Waals surface area (Å²) in [7, 11) is 0. The number of halogens is 3. The van der Waals surface area contributed by atoms with Crippen LogP contribution in [0.25, 0.3) is 0 Å². The van der Waals surface area contributed by atoms with E-state index >= 15 is 0 Å². The number of alkyl halides is 3. The van der Waals surface area contributed by atoms with Crippen LogP contribution < -0.4 is 10.6 Å². The molecule has 2 N–H and O–H groups in total. The van der Waals surface area contributed by atoms with E-state index in [1.807, 2.05) is 12.1 Å². The van der Waals surface area contributed by atoms with Crippen molar-refractivity contribution < 1.29 is 18.0 Å². The predicted octanol–water partition coefficient (Wildman–Crippen LogP) is 4.35. The average Bonchev–Trinajstić information content (AvgIpc) is 2.54. The fraction of sp³-hybridized carbons (Fsp3) is 0.588. The first-order valence-corrected chi connectivity index (χ1v) is 8.18. The largest absolute Gasteiger partial charge is 0.391 e. The third-order valence-corrected chi connectivity index (χ3v) is 4.82. The predicted molar refractivity (Wildman–Crippen MR) is 83.4 cm³/mol. The maximum Gasteiger partial charge on any atom is 0.391 e. The van der Waals surface area contributed by atoms with Crippen LogP contribution in [-0.2, 0) is 11.2 Å². The lowest BCUT2D eigenvalue weighted by Gasteiger charge is -2.29. The third-order valence-electron chi connectivity index (χ3n) is 4.82. The smallest absolute Gasteiger partial charge is 0.385 e. The number of nitrogens with one attached hydrogen (secondary N) is 2. The second kappa shape index (κ2) is 6.42. The number of carbonyl (C=O) groups is 1. The Kier molecular flexibility index (Phi) is 4.50. The van der Waals surface area contributed by atoms with Gasteiger partial charge in [-0.25, -0.2) is 0 Å². The van der Waals surface area contributed by atoms with Crippen LogP contribution in [-0.4, -0.2) is 18.6 Å². The fourth-order valence-electron chi connectivity index (χ4n) is 3.52. The zero-order valence-electron chi connectivity index (χ0n) is 12.9. The summed E-state index contributed by atoms with van der Waals surface area (Å²) in [5.74, 6) is -2.19. The van der Waals surface area contributed by atoms with Gasteiger partial charge in [-0.3, -0.25) is 4.79 Å². The Balaban J connectivity index is 1.64. The van der Waals surface area contributed by atoms with Crippen molar-refractivity contribution in [2.24, 2.45) is 11.8 Å². The average molecular weight is 326 g/mol. The Morgan fingerprint density at radius 1 is 1.22 bits per heavy atom. The van der Waals surface area contributed by atoms with Crippen molar-refractivity contribution >= 4 is 17.3 Å². The van der Waals surface area contributed by atoms with E-state index in [0.29, 0.717) is 18.5 Å². The van der Waals surface area contributed by atoms with Crippen LogP contribution >= 0.6 is 0 Å². The van der Waals surface area contributed by atoms with E-state index < -0.39 is 18.0 Å². The molecular formula is C17H21F3N2O. The molecule has 1 amide bonds. The minimum absolute atomic E-state index is 0.0954. The molecule has 126 valence electrons. The quantitative estimate of drug-likeness (QED) is 0.848. The van der Waals surface area contributed by atoms with Crippen molar-refractivity contribution in [2.75, 3.05) is 17.2 Å². The number of amides is 1.